The third-order valence-electron chi connectivity index (χ3n) is 11.8. The maximum Gasteiger partial charge on any atom is 0.446 e. The van der Waals surface area contributed by atoms with Crippen molar-refractivity contribution in [2.24, 2.45) is 0 Å². The molecule has 314 valence electrons. The monoisotopic (exact) mass is 795 g/mol. The van der Waals surface area contributed by atoms with E-state index in [2.05, 4.69) is 11.8 Å². The summed E-state index contributed by atoms with van der Waals surface area (Å²) in [6.07, 6.45) is 12.5. The molecule has 5 atom stereocenters. The lowest BCUT2D eigenvalue weighted by molar-refractivity contribution is -0.177. The SMILES string of the molecule is CCCCCCCCCCCCCCCCCC(=O)O[C@@H](CC(=O)O)C(=O)OC1=CC[C@@]2(O)[C@H]3Cc4ccc(OC)c5c4[C@@]2(CCN3C)[C@H]1O5.O=CC(F)(F)F. The molecule has 2 bridgehead atoms. The first-order valence-corrected chi connectivity index (χ1v) is 20.4. The van der Waals surface area contributed by atoms with Crippen molar-refractivity contribution in [3.05, 3.63) is 35.1 Å². The maximum atomic E-state index is 13.5. The third-order valence-corrected chi connectivity index (χ3v) is 11.8. The maximum absolute atomic E-state index is 13.5. The number of hydrogen-bond acceptors (Lipinski definition) is 10. The first kappa shape index (κ1) is 45.1. The number of halogens is 3. The van der Waals surface area contributed by atoms with Gasteiger partial charge in [0.25, 0.3) is 0 Å². The Morgan fingerprint density at radius 2 is 1.55 bits per heavy atom. The van der Waals surface area contributed by atoms with Crippen LogP contribution in [0, 0.1) is 0 Å². The van der Waals surface area contributed by atoms with Crippen LogP contribution in [0.25, 0.3) is 0 Å². The summed E-state index contributed by atoms with van der Waals surface area (Å²) < 4.78 is 54.7. The largest absolute Gasteiger partial charge is 0.493 e. The van der Waals surface area contributed by atoms with Crippen LogP contribution >= 0.6 is 0 Å². The number of carbonyl (C=O) groups excluding carboxylic acids is 3. The molecule has 0 unspecified atom stereocenters. The molecule has 0 amide bonds. The van der Waals surface area contributed by atoms with E-state index >= 15 is 0 Å². The molecule has 4 aliphatic rings. The van der Waals surface area contributed by atoms with E-state index < -0.39 is 60.0 Å². The highest BCUT2D eigenvalue weighted by Gasteiger charge is 2.72. The smallest absolute Gasteiger partial charge is 0.446 e. The van der Waals surface area contributed by atoms with Gasteiger partial charge in [-0.15, -0.1) is 0 Å². The molecular formula is C42H60F3NO10. The summed E-state index contributed by atoms with van der Waals surface area (Å²) in [4.78, 5) is 48.8. The zero-order valence-electron chi connectivity index (χ0n) is 33.1. The summed E-state index contributed by atoms with van der Waals surface area (Å²) in [5, 5.41) is 21.9. The lowest BCUT2D eigenvalue weighted by atomic mass is 9.50. The van der Waals surface area contributed by atoms with Crippen molar-refractivity contribution < 1.29 is 61.5 Å². The van der Waals surface area contributed by atoms with Crippen molar-refractivity contribution in [1.82, 2.24) is 4.90 Å². The Balaban J connectivity index is 0.00000107. The summed E-state index contributed by atoms with van der Waals surface area (Å²) >= 11 is 0. The number of likely N-dealkylation sites (N-methyl/N-ethyl adjacent to an activating group) is 1. The summed E-state index contributed by atoms with van der Waals surface area (Å²) in [6, 6.07) is 3.71. The van der Waals surface area contributed by atoms with Crippen LogP contribution in [0.2, 0.25) is 0 Å². The molecule has 0 saturated carbocycles. The number of aliphatic hydroxyl groups is 1. The quantitative estimate of drug-likeness (QED) is 0.0670. The molecular weight excluding hydrogens is 735 g/mol. The Bertz CT molecular complexity index is 1530. The zero-order chi connectivity index (χ0) is 40.9. The summed E-state index contributed by atoms with van der Waals surface area (Å²) in [6.45, 7) is 2.96. The topological polar surface area (TPSA) is 149 Å². The molecule has 2 heterocycles. The van der Waals surface area contributed by atoms with Gasteiger partial charge in [0.1, 0.15) is 5.76 Å². The number of alkyl halides is 3. The molecule has 1 fully saturated rings. The van der Waals surface area contributed by atoms with E-state index in [0.29, 0.717) is 37.3 Å². The van der Waals surface area contributed by atoms with Crippen molar-refractivity contribution in [1.29, 1.82) is 0 Å². The molecule has 2 N–H and O–H groups in total. The Morgan fingerprint density at radius 1 is 0.982 bits per heavy atom. The molecule has 1 aromatic rings. The molecule has 0 radical (unpaired) electrons. The van der Waals surface area contributed by atoms with E-state index in [-0.39, 0.29) is 24.6 Å². The van der Waals surface area contributed by atoms with Crippen LogP contribution in [0.1, 0.15) is 140 Å². The van der Waals surface area contributed by atoms with Crippen LogP contribution in [-0.4, -0.2) is 90.0 Å². The van der Waals surface area contributed by atoms with E-state index in [4.69, 9.17) is 23.7 Å². The number of likely N-dealkylation sites (tertiary alicyclic amines) is 1. The Hall–Kier alpha value is -3.65. The highest BCUT2D eigenvalue weighted by Crippen LogP contribution is 2.65. The van der Waals surface area contributed by atoms with Gasteiger partial charge >= 0.3 is 24.1 Å². The number of ether oxygens (including phenoxy) is 4. The zero-order valence-corrected chi connectivity index (χ0v) is 33.1. The Morgan fingerprint density at radius 3 is 2.09 bits per heavy atom. The van der Waals surface area contributed by atoms with Gasteiger partial charge in [-0.25, -0.2) is 4.79 Å². The first-order valence-electron chi connectivity index (χ1n) is 20.4. The lowest BCUT2D eigenvalue weighted by Crippen LogP contribution is -2.74. The number of unbranched alkanes of at least 4 members (excludes halogenated alkanes) is 14. The van der Waals surface area contributed by atoms with Crippen LogP contribution in [0.3, 0.4) is 0 Å². The van der Waals surface area contributed by atoms with Crippen molar-refractivity contribution in [2.45, 2.75) is 171 Å². The third kappa shape index (κ3) is 10.8. The fraction of sp³-hybridized carbons (Fsp3) is 0.714. The molecule has 56 heavy (non-hydrogen) atoms. The molecule has 0 aromatic heterocycles. The average Bonchev–Trinajstić information content (AvgIpc) is 3.51. The number of aliphatic carboxylic acids is 1. The minimum Gasteiger partial charge on any atom is -0.493 e. The lowest BCUT2D eigenvalue weighted by Gasteiger charge is -2.61. The minimum atomic E-state index is -4.64. The van der Waals surface area contributed by atoms with Gasteiger partial charge in [0.2, 0.25) is 12.4 Å². The van der Waals surface area contributed by atoms with Crippen molar-refractivity contribution in [3.63, 3.8) is 0 Å². The normalized spacial score (nSPS) is 23.7. The number of piperidine rings is 1. The fourth-order valence-corrected chi connectivity index (χ4v) is 8.96. The van der Waals surface area contributed by atoms with Gasteiger partial charge in [0, 0.05) is 24.4 Å². The number of methoxy groups -OCH3 is 1. The van der Waals surface area contributed by atoms with Gasteiger partial charge < -0.3 is 34.1 Å². The number of hydrogen-bond donors (Lipinski definition) is 2. The molecule has 14 heteroatoms. The first-order chi connectivity index (χ1) is 26.7. The summed E-state index contributed by atoms with van der Waals surface area (Å²) in [7, 11) is 3.58. The van der Waals surface area contributed by atoms with Crippen LogP contribution in [0.15, 0.2) is 24.0 Å². The van der Waals surface area contributed by atoms with E-state index in [9.17, 15) is 37.8 Å². The van der Waals surface area contributed by atoms with Gasteiger partial charge in [0.15, 0.2) is 17.6 Å². The van der Waals surface area contributed by atoms with E-state index in [0.717, 1.165) is 30.4 Å². The summed E-state index contributed by atoms with van der Waals surface area (Å²) in [5.41, 5.74) is -0.0925. The van der Waals surface area contributed by atoms with E-state index in [1.54, 1.807) is 13.2 Å². The van der Waals surface area contributed by atoms with E-state index in [1.807, 2.05) is 19.2 Å². The number of nitrogens with zero attached hydrogens (tertiary/aromatic N) is 1. The molecule has 1 aromatic carbocycles. The second-order valence-electron chi connectivity index (χ2n) is 15.6. The number of carbonyl (C=O) groups is 4. The second-order valence-corrected chi connectivity index (χ2v) is 15.6. The highest BCUT2D eigenvalue weighted by atomic mass is 19.4. The van der Waals surface area contributed by atoms with Gasteiger partial charge in [0.05, 0.1) is 24.5 Å². The Kier molecular flexibility index (Phi) is 16.6. The second kappa shape index (κ2) is 20.7. The van der Waals surface area contributed by atoms with Crippen molar-refractivity contribution >= 4 is 24.2 Å². The minimum absolute atomic E-state index is 0.110. The molecule has 2 aliphatic heterocycles. The van der Waals surface area contributed by atoms with Gasteiger partial charge in [-0.05, 0) is 50.6 Å². The molecule has 11 nitrogen and oxygen atoms in total. The number of rotatable bonds is 22. The van der Waals surface area contributed by atoms with Gasteiger partial charge in [-0.1, -0.05) is 103 Å². The molecule has 1 saturated heterocycles. The van der Waals surface area contributed by atoms with Crippen LogP contribution in [0.5, 0.6) is 11.5 Å². The van der Waals surface area contributed by atoms with Crippen LogP contribution < -0.4 is 9.47 Å². The highest BCUT2D eigenvalue weighted by molar-refractivity contribution is 5.84. The predicted molar refractivity (Wildman–Crippen MR) is 201 cm³/mol. The van der Waals surface area contributed by atoms with Crippen molar-refractivity contribution in [3.8, 4) is 11.5 Å². The number of carboxylic acid groups (broad SMARTS) is 1. The van der Waals surface area contributed by atoms with Crippen LogP contribution in [0.4, 0.5) is 13.2 Å². The number of aldehydes is 1. The number of carboxylic acids is 1. The van der Waals surface area contributed by atoms with Crippen LogP contribution in [-0.2, 0) is 40.5 Å². The molecule has 5 rings (SSSR count). The number of esters is 2. The van der Waals surface area contributed by atoms with Gasteiger partial charge in [-0.3, -0.25) is 14.4 Å². The standard InChI is InChI=1S/C40H59NO9.C2HF3O/c1-4-5-6-7-8-9-10-11-12-13-14-15-16-17-18-19-34(44)48-31(27-33(42)43)38(45)49-30-22-23-40(46)32-26-28-20-21-29(47-3)36-35(28)39(40,37(30)50-36)24-25-41(32)2;3-2(4,5)1-6/h20-22,31-32,37,46H,4-19,23-27H2,1-3H3,(H,42,43);1H/t31-,32+,37-,39-,40+;/m0./s1. The predicted octanol–water partition coefficient (Wildman–Crippen LogP) is 7.91. The average molecular weight is 796 g/mol. The molecule has 2 aliphatic carbocycles. The van der Waals surface area contributed by atoms with Crippen molar-refractivity contribution in [2.75, 3.05) is 20.7 Å². The fourth-order valence-electron chi connectivity index (χ4n) is 8.96. The molecule has 1 spiro atoms. The van der Waals surface area contributed by atoms with Gasteiger partial charge in [-0.2, -0.15) is 13.2 Å². The summed E-state index contributed by atoms with van der Waals surface area (Å²) in [5.74, 6) is -1.58. The Labute approximate surface area is 328 Å². The number of benzene rings is 1. The van der Waals surface area contributed by atoms with E-state index in [1.165, 1.54) is 70.6 Å².